The number of hydrogen-bond donors (Lipinski definition) is 0. The van der Waals surface area contributed by atoms with E-state index in [9.17, 15) is 13.2 Å². The predicted molar refractivity (Wildman–Crippen MR) is 119 cm³/mol. The summed E-state index contributed by atoms with van der Waals surface area (Å²) in [6, 6.07) is 10.6. The molecule has 1 aromatic carbocycles. The van der Waals surface area contributed by atoms with Crippen molar-refractivity contribution in [2.75, 3.05) is 13.1 Å². The van der Waals surface area contributed by atoms with Crippen LogP contribution in [0.15, 0.2) is 39.8 Å². The standard InChI is InChI=1S/C24H31N3O4S/c1-17-21(18(2)31-25-17)32(29,30)26-15-11-20(12-16-26)27-22(19-9-5-3-6-10-19)24(23(27)28)13-7-4-8-14-24/h3,5-6,9-10,20,22H,4,7-8,11-16H2,1-2H3. The summed E-state index contributed by atoms with van der Waals surface area (Å²) in [6.45, 7) is 4.08. The second-order valence-corrected chi connectivity index (χ2v) is 11.4. The molecule has 1 atom stereocenters. The van der Waals surface area contributed by atoms with Crippen LogP contribution in [0.2, 0.25) is 0 Å². The monoisotopic (exact) mass is 457 g/mol. The Balaban J connectivity index is 1.36. The van der Waals surface area contributed by atoms with Gasteiger partial charge in [0.2, 0.25) is 15.9 Å². The molecule has 3 heterocycles. The van der Waals surface area contributed by atoms with Crippen LogP contribution in [0.3, 0.4) is 0 Å². The molecule has 5 rings (SSSR count). The molecule has 1 spiro atoms. The number of piperidine rings is 1. The Kier molecular flexibility index (Phi) is 5.40. The normalized spacial score (nSPS) is 24.6. The fourth-order valence-corrected chi connectivity index (χ4v) is 7.95. The molecule has 1 aliphatic carbocycles. The van der Waals surface area contributed by atoms with Crippen LogP contribution in [0.1, 0.15) is 68.0 Å². The Morgan fingerprint density at radius 2 is 1.69 bits per heavy atom. The van der Waals surface area contributed by atoms with Gasteiger partial charge >= 0.3 is 0 Å². The highest BCUT2D eigenvalue weighted by Gasteiger charge is 2.62. The van der Waals surface area contributed by atoms with E-state index in [0.29, 0.717) is 37.4 Å². The highest BCUT2D eigenvalue weighted by molar-refractivity contribution is 7.89. The Morgan fingerprint density at radius 1 is 1.03 bits per heavy atom. The average molecular weight is 458 g/mol. The van der Waals surface area contributed by atoms with Crippen LogP contribution in [-0.2, 0) is 14.8 Å². The highest BCUT2D eigenvalue weighted by Crippen LogP contribution is 2.59. The van der Waals surface area contributed by atoms with Crippen LogP contribution in [0.5, 0.6) is 0 Å². The third-order valence-electron chi connectivity index (χ3n) is 7.71. The van der Waals surface area contributed by atoms with Crippen LogP contribution in [0.25, 0.3) is 0 Å². The van der Waals surface area contributed by atoms with Gasteiger partial charge in [-0.15, -0.1) is 0 Å². The molecule has 3 fully saturated rings. The fraction of sp³-hybridized carbons (Fsp3) is 0.583. The first kappa shape index (κ1) is 21.6. The van der Waals surface area contributed by atoms with E-state index in [4.69, 9.17) is 4.52 Å². The van der Waals surface area contributed by atoms with Crippen LogP contribution in [0, 0.1) is 19.3 Å². The predicted octanol–water partition coefficient (Wildman–Crippen LogP) is 3.98. The summed E-state index contributed by atoms with van der Waals surface area (Å²) >= 11 is 0. The molecule has 32 heavy (non-hydrogen) atoms. The Hall–Kier alpha value is -2.19. The fourth-order valence-electron chi connectivity index (χ4n) is 6.19. The molecule has 172 valence electrons. The first-order valence-electron chi connectivity index (χ1n) is 11.7. The topological polar surface area (TPSA) is 83.7 Å². The van der Waals surface area contributed by atoms with Crippen molar-refractivity contribution in [1.82, 2.24) is 14.4 Å². The lowest BCUT2D eigenvalue weighted by atomic mass is 9.59. The van der Waals surface area contributed by atoms with E-state index in [-0.39, 0.29) is 28.3 Å². The molecule has 0 radical (unpaired) electrons. The van der Waals surface area contributed by atoms with Gasteiger partial charge in [-0.3, -0.25) is 4.79 Å². The van der Waals surface area contributed by atoms with Crippen molar-refractivity contribution in [3.05, 3.63) is 47.3 Å². The highest BCUT2D eigenvalue weighted by atomic mass is 32.2. The van der Waals surface area contributed by atoms with Crippen molar-refractivity contribution < 1.29 is 17.7 Å². The van der Waals surface area contributed by atoms with E-state index in [1.807, 2.05) is 18.2 Å². The van der Waals surface area contributed by atoms with Crippen LogP contribution in [-0.4, -0.2) is 47.8 Å². The number of nitrogens with zero attached hydrogens (tertiary/aromatic N) is 3. The second-order valence-electron chi connectivity index (χ2n) is 9.53. The third kappa shape index (κ3) is 3.22. The molecule has 7 nitrogen and oxygen atoms in total. The van der Waals surface area contributed by atoms with Crippen LogP contribution in [0.4, 0.5) is 0 Å². The smallest absolute Gasteiger partial charge is 0.248 e. The lowest BCUT2D eigenvalue weighted by molar-refractivity contribution is -0.186. The average Bonchev–Trinajstić information content (AvgIpc) is 3.16. The number of hydrogen-bond acceptors (Lipinski definition) is 5. The van der Waals surface area contributed by atoms with E-state index >= 15 is 0 Å². The maximum Gasteiger partial charge on any atom is 0.248 e. The largest absolute Gasteiger partial charge is 0.360 e. The molecular weight excluding hydrogens is 426 g/mol. The van der Waals surface area contributed by atoms with Gasteiger partial charge in [-0.1, -0.05) is 54.8 Å². The number of benzene rings is 1. The molecule has 0 N–H and O–H groups in total. The number of rotatable bonds is 4. The number of amides is 1. The molecule has 3 aliphatic rings. The van der Waals surface area contributed by atoms with Gasteiger partial charge in [0.1, 0.15) is 10.6 Å². The zero-order chi connectivity index (χ0) is 22.5. The van der Waals surface area contributed by atoms with Crippen molar-refractivity contribution >= 4 is 15.9 Å². The second kappa shape index (κ2) is 7.99. The van der Waals surface area contributed by atoms with E-state index in [1.165, 1.54) is 16.3 Å². The van der Waals surface area contributed by atoms with Crippen molar-refractivity contribution in [3.8, 4) is 0 Å². The molecule has 8 heteroatoms. The lowest BCUT2D eigenvalue weighted by Crippen LogP contribution is -2.67. The molecular formula is C24H31N3O4S. The maximum absolute atomic E-state index is 13.5. The summed E-state index contributed by atoms with van der Waals surface area (Å²) in [6.07, 6.45) is 6.63. The molecule has 1 amide bonds. The van der Waals surface area contributed by atoms with Gasteiger partial charge in [0.05, 0.1) is 11.5 Å². The number of aryl methyl sites for hydroxylation is 2. The zero-order valence-electron chi connectivity index (χ0n) is 18.8. The van der Waals surface area contributed by atoms with Crippen molar-refractivity contribution in [3.63, 3.8) is 0 Å². The van der Waals surface area contributed by atoms with Crippen molar-refractivity contribution in [1.29, 1.82) is 0 Å². The number of carbonyl (C=O) groups excluding carboxylic acids is 1. The molecule has 2 aliphatic heterocycles. The SMILES string of the molecule is Cc1noc(C)c1S(=O)(=O)N1CCC(N2C(=O)C3(CCCCC3)C2c2ccccc2)CC1. The summed E-state index contributed by atoms with van der Waals surface area (Å²) in [4.78, 5) is 15.8. The van der Waals surface area contributed by atoms with Crippen molar-refractivity contribution in [2.45, 2.75) is 75.8 Å². The quantitative estimate of drug-likeness (QED) is 0.649. The number of sulfonamides is 1. The van der Waals surface area contributed by atoms with Gasteiger partial charge in [-0.05, 0) is 45.1 Å². The Labute approximate surface area is 189 Å². The van der Waals surface area contributed by atoms with E-state index < -0.39 is 10.0 Å². The van der Waals surface area contributed by atoms with E-state index in [0.717, 1.165) is 25.7 Å². The first-order valence-corrected chi connectivity index (χ1v) is 13.1. The lowest BCUT2D eigenvalue weighted by Gasteiger charge is -2.61. The van der Waals surface area contributed by atoms with Crippen molar-refractivity contribution in [2.24, 2.45) is 5.41 Å². The van der Waals surface area contributed by atoms with E-state index in [1.54, 1.807) is 13.8 Å². The summed E-state index contributed by atoms with van der Waals surface area (Å²) in [7, 11) is -3.65. The number of likely N-dealkylation sites (tertiary alicyclic amines) is 1. The number of carbonyl (C=O) groups is 1. The molecule has 2 saturated heterocycles. The van der Waals surface area contributed by atoms with Gasteiger partial charge in [0.15, 0.2) is 5.76 Å². The van der Waals surface area contributed by atoms with Gasteiger partial charge in [-0.25, -0.2) is 8.42 Å². The van der Waals surface area contributed by atoms with Crippen LogP contribution >= 0.6 is 0 Å². The Bertz CT molecular complexity index is 1080. The summed E-state index contributed by atoms with van der Waals surface area (Å²) in [5, 5.41) is 3.81. The molecule has 0 bridgehead atoms. The minimum absolute atomic E-state index is 0.0661. The Morgan fingerprint density at radius 3 is 2.28 bits per heavy atom. The molecule has 2 aromatic rings. The number of β-lactam (4-membered cyclic amide) rings is 1. The zero-order valence-corrected chi connectivity index (χ0v) is 19.6. The summed E-state index contributed by atoms with van der Waals surface area (Å²) < 4.78 is 33.0. The minimum atomic E-state index is -3.65. The molecule has 1 unspecified atom stereocenters. The maximum atomic E-state index is 13.5. The van der Waals surface area contributed by atoms with Gasteiger partial charge in [-0.2, -0.15) is 4.31 Å². The van der Waals surface area contributed by atoms with Gasteiger partial charge in [0.25, 0.3) is 0 Å². The molecule has 1 aromatic heterocycles. The molecule has 1 saturated carbocycles. The summed E-state index contributed by atoms with van der Waals surface area (Å²) in [5.41, 5.74) is 1.34. The van der Waals surface area contributed by atoms with Gasteiger partial charge < -0.3 is 9.42 Å². The third-order valence-corrected chi connectivity index (χ3v) is 9.85. The van der Waals surface area contributed by atoms with Crippen LogP contribution < -0.4 is 0 Å². The number of aromatic nitrogens is 1. The van der Waals surface area contributed by atoms with Gasteiger partial charge in [0, 0.05) is 19.1 Å². The minimum Gasteiger partial charge on any atom is -0.360 e. The van der Waals surface area contributed by atoms with E-state index in [2.05, 4.69) is 22.2 Å². The summed E-state index contributed by atoms with van der Waals surface area (Å²) in [5.74, 6) is 0.601. The first-order chi connectivity index (χ1) is 15.4.